The first-order valence-electron chi connectivity index (χ1n) is 8.31. The molecule has 140 valence electrons. The zero-order valence-electron chi connectivity index (χ0n) is 14.6. The molecule has 3 aromatic rings. The average molecular weight is 467 g/mol. The van der Waals surface area contributed by atoms with Crippen molar-refractivity contribution in [3.8, 4) is 11.5 Å². The van der Waals surface area contributed by atoms with Crippen LogP contribution in [0.1, 0.15) is 16.7 Å². The standard InChI is InChI=1S/C21H18BrCl2NO2/c1-13-2-4-14(5-3-13)12-27-20-7-6-16(22)8-15(20)11-25-17-9-18(23)21(26)19(24)10-17/h2-10,25-26H,11-12H2,1H3. The smallest absolute Gasteiger partial charge is 0.152 e. The van der Waals surface area contributed by atoms with Crippen molar-refractivity contribution in [1.82, 2.24) is 0 Å². The number of phenolic OH excluding ortho intramolecular Hbond substituents is 1. The fraction of sp³-hybridized carbons (Fsp3) is 0.143. The SMILES string of the molecule is Cc1ccc(COc2ccc(Br)cc2CNc2cc(Cl)c(O)c(Cl)c2)cc1. The molecule has 0 fully saturated rings. The summed E-state index contributed by atoms with van der Waals surface area (Å²) >= 11 is 15.5. The van der Waals surface area contributed by atoms with E-state index in [0.717, 1.165) is 21.3 Å². The summed E-state index contributed by atoms with van der Waals surface area (Å²) in [7, 11) is 0. The van der Waals surface area contributed by atoms with Gasteiger partial charge in [0, 0.05) is 22.3 Å². The molecule has 2 N–H and O–H groups in total. The van der Waals surface area contributed by atoms with Crippen molar-refractivity contribution in [2.45, 2.75) is 20.1 Å². The molecule has 0 aromatic heterocycles. The summed E-state index contributed by atoms with van der Waals surface area (Å²) < 4.78 is 6.98. The van der Waals surface area contributed by atoms with Crippen LogP contribution < -0.4 is 10.1 Å². The number of rotatable bonds is 6. The van der Waals surface area contributed by atoms with E-state index < -0.39 is 0 Å². The number of phenols is 1. The third-order valence-corrected chi connectivity index (χ3v) is 5.11. The number of nitrogens with one attached hydrogen (secondary N) is 1. The molecule has 0 aliphatic heterocycles. The molecule has 3 rings (SSSR count). The number of aromatic hydroxyl groups is 1. The second-order valence-electron chi connectivity index (χ2n) is 6.17. The van der Waals surface area contributed by atoms with E-state index in [2.05, 4.69) is 52.4 Å². The summed E-state index contributed by atoms with van der Waals surface area (Å²) in [6.45, 7) is 3.07. The summed E-state index contributed by atoms with van der Waals surface area (Å²) in [6, 6.07) is 17.4. The Kier molecular flexibility index (Phi) is 6.53. The molecule has 0 unspecified atom stereocenters. The van der Waals surface area contributed by atoms with Crippen LogP contribution in [0.15, 0.2) is 59.1 Å². The van der Waals surface area contributed by atoms with Gasteiger partial charge in [0.25, 0.3) is 0 Å². The summed E-state index contributed by atoms with van der Waals surface area (Å²) in [4.78, 5) is 0. The van der Waals surface area contributed by atoms with E-state index in [9.17, 15) is 5.11 Å². The van der Waals surface area contributed by atoms with Crippen LogP contribution in [0.3, 0.4) is 0 Å². The van der Waals surface area contributed by atoms with Crippen molar-refractivity contribution < 1.29 is 9.84 Å². The fourth-order valence-corrected chi connectivity index (χ4v) is 3.43. The maximum absolute atomic E-state index is 9.67. The Balaban J connectivity index is 1.73. The highest BCUT2D eigenvalue weighted by molar-refractivity contribution is 9.10. The Morgan fingerprint density at radius 2 is 1.67 bits per heavy atom. The molecule has 0 aliphatic carbocycles. The number of benzene rings is 3. The first-order chi connectivity index (χ1) is 12.9. The minimum absolute atomic E-state index is 0.117. The molecule has 0 saturated heterocycles. The fourth-order valence-electron chi connectivity index (χ4n) is 2.54. The Bertz CT molecular complexity index is 922. The van der Waals surface area contributed by atoms with Crippen LogP contribution in [0, 0.1) is 6.92 Å². The molecule has 0 spiro atoms. The summed E-state index contributed by atoms with van der Waals surface area (Å²) in [5, 5.41) is 13.3. The molecular formula is C21H18BrCl2NO2. The van der Waals surface area contributed by atoms with Crippen molar-refractivity contribution in [2.75, 3.05) is 5.32 Å². The van der Waals surface area contributed by atoms with Crippen molar-refractivity contribution >= 4 is 44.8 Å². The molecule has 0 saturated carbocycles. The van der Waals surface area contributed by atoms with Gasteiger partial charge in [-0.1, -0.05) is 69.0 Å². The van der Waals surface area contributed by atoms with Gasteiger partial charge in [0.15, 0.2) is 5.75 Å². The topological polar surface area (TPSA) is 41.5 Å². The molecule has 0 amide bonds. The zero-order valence-corrected chi connectivity index (χ0v) is 17.7. The number of halogens is 3. The van der Waals surface area contributed by atoms with Crippen molar-refractivity contribution in [1.29, 1.82) is 0 Å². The maximum Gasteiger partial charge on any atom is 0.152 e. The average Bonchev–Trinajstić information content (AvgIpc) is 2.65. The summed E-state index contributed by atoms with van der Waals surface area (Å²) in [5.74, 6) is 0.677. The molecule has 0 bridgehead atoms. The lowest BCUT2D eigenvalue weighted by molar-refractivity contribution is 0.303. The minimum atomic E-state index is -0.117. The molecule has 27 heavy (non-hydrogen) atoms. The Morgan fingerprint density at radius 1 is 1.00 bits per heavy atom. The van der Waals surface area contributed by atoms with Gasteiger partial charge >= 0.3 is 0 Å². The predicted molar refractivity (Wildman–Crippen MR) is 115 cm³/mol. The normalized spacial score (nSPS) is 10.7. The first-order valence-corrected chi connectivity index (χ1v) is 9.86. The van der Waals surface area contributed by atoms with Gasteiger partial charge in [-0.05, 0) is 42.8 Å². The van der Waals surface area contributed by atoms with Crippen LogP contribution >= 0.6 is 39.1 Å². The molecule has 6 heteroatoms. The monoisotopic (exact) mass is 465 g/mol. The van der Waals surface area contributed by atoms with Crippen LogP contribution in [0.25, 0.3) is 0 Å². The van der Waals surface area contributed by atoms with E-state index >= 15 is 0 Å². The van der Waals surface area contributed by atoms with Gasteiger partial charge in [0.1, 0.15) is 12.4 Å². The van der Waals surface area contributed by atoms with E-state index in [1.54, 1.807) is 12.1 Å². The van der Waals surface area contributed by atoms with E-state index in [0.29, 0.717) is 18.8 Å². The van der Waals surface area contributed by atoms with Crippen LogP contribution in [-0.4, -0.2) is 5.11 Å². The summed E-state index contributed by atoms with van der Waals surface area (Å²) in [5.41, 5.74) is 4.03. The maximum atomic E-state index is 9.67. The third kappa shape index (κ3) is 5.32. The van der Waals surface area contributed by atoms with Crippen molar-refractivity contribution in [3.63, 3.8) is 0 Å². The van der Waals surface area contributed by atoms with E-state index in [1.807, 2.05) is 18.2 Å². The highest BCUT2D eigenvalue weighted by Gasteiger charge is 2.09. The molecular weight excluding hydrogens is 449 g/mol. The molecule has 0 atom stereocenters. The molecule has 3 nitrogen and oxygen atoms in total. The lowest BCUT2D eigenvalue weighted by atomic mass is 10.1. The predicted octanol–water partition coefficient (Wildman–Crippen LogP) is 6.96. The quantitative estimate of drug-likeness (QED) is 0.385. The zero-order chi connectivity index (χ0) is 19.4. The largest absolute Gasteiger partial charge is 0.505 e. The van der Waals surface area contributed by atoms with Gasteiger partial charge in [0.2, 0.25) is 0 Å². The number of hydrogen-bond acceptors (Lipinski definition) is 3. The Morgan fingerprint density at radius 3 is 2.33 bits per heavy atom. The van der Waals surface area contributed by atoms with Gasteiger partial charge in [-0.25, -0.2) is 0 Å². The van der Waals surface area contributed by atoms with Crippen molar-refractivity contribution in [3.05, 3.63) is 85.8 Å². The second kappa shape index (κ2) is 8.87. The van der Waals surface area contributed by atoms with Crippen LogP contribution in [0.4, 0.5) is 5.69 Å². The van der Waals surface area contributed by atoms with E-state index in [4.69, 9.17) is 27.9 Å². The van der Waals surface area contributed by atoms with Crippen LogP contribution in [0.2, 0.25) is 10.0 Å². The number of aryl methyl sites for hydroxylation is 1. The first kappa shape index (κ1) is 19.9. The summed E-state index contributed by atoms with van der Waals surface area (Å²) in [6.07, 6.45) is 0. The van der Waals surface area contributed by atoms with Gasteiger partial charge in [0.05, 0.1) is 10.0 Å². The van der Waals surface area contributed by atoms with Crippen LogP contribution in [-0.2, 0) is 13.2 Å². The Hall–Kier alpha value is -1.88. The highest BCUT2D eigenvalue weighted by Crippen LogP contribution is 2.35. The number of ether oxygens (including phenoxy) is 1. The number of anilines is 1. The van der Waals surface area contributed by atoms with Gasteiger partial charge in [-0.15, -0.1) is 0 Å². The van der Waals surface area contributed by atoms with Gasteiger partial charge < -0.3 is 15.2 Å². The minimum Gasteiger partial charge on any atom is -0.505 e. The lowest BCUT2D eigenvalue weighted by Crippen LogP contribution is -2.04. The molecule has 0 heterocycles. The van der Waals surface area contributed by atoms with E-state index in [-0.39, 0.29) is 15.8 Å². The van der Waals surface area contributed by atoms with Gasteiger partial charge in [-0.3, -0.25) is 0 Å². The molecule has 3 aromatic carbocycles. The van der Waals surface area contributed by atoms with E-state index in [1.165, 1.54) is 5.56 Å². The molecule has 0 radical (unpaired) electrons. The van der Waals surface area contributed by atoms with Gasteiger partial charge in [-0.2, -0.15) is 0 Å². The number of hydrogen-bond donors (Lipinski definition) is 2. The third-order valence-electron chi connectivity index (χ3n) is 4.04. The van der Waals surface area contributed by atoms with Crippen molar-refractivity contribution in [2.24, 2.45) is 0 Å². The highest BCUT2D eigenvalue weighted by atomic mass is 79.9. The van der Waals surface area contributed by atoms with Crippen LogP contribution in [0.5, 0.6) is 11.5 Å². The lowest BCUT2D eigenvalue weighted by Gasteiger charge is -2.14. The second-order valence-corrected chi connectivity index (χ2v) is 7.90. The Labute approximate surface area is 177 Å². The molecule has 0 aliphatic rings.